The van der Waals surface area contributed by atoms with Crippen LogP contribution < -0.4 is 11.3 Å². The van der Waals surface area contributed by atoms with Crippen molar-refractivity contribution in [2.45, 2.75) is 25.9 Å². The lowest BCUT2D eigenvalue weighted by atomic mass is 10.0. The SMILES string of the molecule is CCn1cc(CC(NN)c2ccc(Br)c(F)c2)cn1. The molecule has 0 fully saturated rings. The molecule has 0 saturated carbocycles. The third-order valence-corrected chi connectivity index (χ3v) is 3.64. The molecule has 2 rings (SSSR count). The van der Waals surface area contributed by atoms with Crippen LogP contribution in [-0.4, -0.2) is 9.78 Å². The monoisotopic (exact) mass is 326 g/mol. The van der Waals surface area contributed by atoms with Gasteiger partial charge in [0.05, 0.1) is 16.7 Å². The van der Waals surface area contributed by atoms with Crippen LogP contribution in [0.1, 0.15) is 24.1 Å². The quantitative estimate of drug-likeness (QED) is 0.655. The maximum absolute atomic E-state index is 13.5. The molecule has 0 aliphatic rings. The van der Waals surface area contributed by atoms with Gasteiger partial charge in [0, 0.05) is 12.7 Å². The summed E-state index contributed by atoms with van der Waals surface area (Å²) < 4.78 is 15.8. The average molecular weight is 327 g/mol. The summed E-state index contributed by atoms with van der Waals surface area (Å²) in [4.78, 5) is 0. The third-order valence-electron chi connectivity index (χ3n) is 3.00. The van der Waals surface area contributed by atoms with Crippen LogP contribution >= 0.6 is 15.9 Å². The lowest BCUT2D eigenvalue weighted by molar-refractivity contribution is 0.543. The Morgan fingerprint density at radius 1 is 1.53 bits per heavy atom. The van der Waals surface area contributed by atoms with Crippen molar-refractivity contribution < 1.29 is 4.39 Å². The molecule has 0 spiro atoms. The van der Waals surface area contributed by atoms with E-state index in [-0.39, 0.29) is 11.9 Å². The highest BCUT2D eigenvalue weighted by atomic mass is 79.9. The van der Waals surface area contributed by atoms with Gasteiger partial charge in [-0.25, -0.2) is 4.39 Å². The molecule has 3 N–H and O–H groups in total. The fourth-order valence-electron chi connectivity index (χ4n) is 1.92. The predicted octanol–water partition coefficient (Wildman–Crippen LogP) is 2.55. The number of benzene rings is 1. The van der Waals surface area contributed by atoms with Gasteiger partial charge in [0.15, 0.2) is 0 Å². The topological polar surface area (TPSA) is 55.9 Å². The van der Waals surface area contributed by atoms with Crippen molar-refractivity contribution in [2.24, 2.45) is 5.84 Å². The molecule has 1 heterocycles. The zero-order valence-corrected chi connectivity index (χ0v) is 12.2. The zero-order chi connectivity index (χ0) is 13.8. The number of hydrogen-bond acceptors (Lipinski definition) is 3. The van der Waals surface area contributed by atoms with Gasteiger partial charge in [0.25, 0.3) is 0 Å². The van der Waals surface area contributed by atoms with E-state index in [1.807, 2.05) is 30.1 Å². The summed E-state index contributed by atoms with van der Waals surface area (Å²) in [5, 5.41) is 4.21. The lowest BCUT2D eigenvalue weighted by Crippen LogP contribution is -2.29. The minimum absolute atomic E-state index is 0.142. The summed E-state index contributed by atoms with van der Waals surface area (Å²) in [6.45, 7) is 2.85. The van der Waals surface area contributed by atoms with Gasteiger partial charge in [-0.15, -0.1) is 0 Å². The highest BCUT2D eigenvalue weighted by molar-refractivity contribution is 9.10. The number of aryl methyl sites for hydroxylation is 1. The average Bonchev–Trinajstić information content (AvgIpc) is 2.87. The predicted molar refractivity (Wildman–Crippen MR) is 75.8 cm³/mol. The number of nitrogens with two attached hydrogens (primary N) is 1. The first-order chi connectivity index (χ1) is 9.13. The summed E-state index contributed by atoms with van der Waals surface area (Å²) in [6.07, 6.45) is 4.44. The normalized spacial score (nSPS) is 12.6. The molecule has 1 aromatic carbocycles. The molecule has 19 heavy (non-hydrogen) atoms. The number of nitrogens with one attached hydrogen (secondary N) is 1. The Morgan fingerprint density at radius 3 is 2.89 bits per heavy atom. The lowest BCUT2D eigenvalue weighted by Gasteiger charge is -2.15. The van der Waals surface area contributed by atoms with E-state index in [1.165, 1.54) is 6.07 Å². The number of nitrogens with zero attached hydrogens (tertiary/aromatic N) is 2. The Morgan fingerprint density at radius 2 is 2.32 bits per heavy atom. The summed E-state index contributed by atoms with van der Waals surface area (Å²) in [5.41, 5.74) is 4.60. The maximum atomic E-state index is 13.5. The number of aromatic nitrogens is 2. The summed E-state index contributed by atoms with van der Waals surface area (Å²) in [6, 6.07) is 4.88. The van der Waals surface area contributed by atoms with E-state index in [0.29, 0.717) is 10.9 Å². The molecule has 1 atom stereocenters. The molecule has 1 aromatic heterocycles. The van der Waals surface area contributed by atoms with Crippen molar-refractivity contribution in [2.75, 3.05) is 0 Å². The molecular weight excluding hydrogens is 311 g/mol. The van der Waals surface area contributed by atoms with Crippen LogP contribution in [0.15, 0.2) is 35.1 Å². The first kappa shape index (κ1) is 14.2. The maximum Gasteiger partial charge on any atom is 0.137 e. The summed E-state index contributed by atoms with van der Waals surface area (Å²) in [5.74, 6) is 5.28. The Labute approximate surface area is 119 Å². The number of hydrogen-bond donors (Lipinski definition) is 2. The van der Waals surface area contributed by atoms with E-state index < -0.39 is 0 Å². The molecule has 0 radical (unpaired) electrons. The van der Waals surface area contributed by atoms with Crippen LogP contribution in [0, 0.1) is 5.82 Å². The van der Waals surface area contributed by atoms with Gasteiger partial charge in [-0.05, 0) is 52.5 Å². The van der Waals surface area contributed by atoms with E-state index in [2.05, 4.69) is 26.5 Å². The minimum atomic E-state index is -0.290. The second-order valence-electron chi connectivity index (χ2n) is 4.30. The first-order valence-corrected chi connectivity index (χ1v) is 6.85. The molecule has 4 nitrogen and oxygen atoms in total. The van der Waals surface area contributed by atoms with Crippen molar-refractivity contribution in [3.05, 3.63) is 52.0 Å². The van der Waals surface area contributed by atoms with E-state index >= 15 is 0 Å². The smallest absolute Gasteiger partial charge is 0.137 e. The van der Waals surface area contributed by atoms with E-state index in [0.717, 1.165) is 17.7 Å². The van der Waals surface area contributed by atoms with Crippen molar-refractivity contribution in [1.82, 2.24) is 15.2 Å². The molecule has 2 aromatic rings. The van der Waals surface area contributed by atoms with E-state index in [9.17, 15) is 4.39 Å². The fourth-order valence-corrected chi connectivity index (χ4v) is 2.17. The molecule has 0 aliphatic heterocycles. The molecular formula is C13H16BrFN4. The second-order valence-corrected chi connectivity index (χ2v) is 5.16. The highest BCUT2D eigenvalue weighted by Gasteiger charge is 2.13. The standard InChI is InChI=1S/C13H16BrFN4/c1-2-19-8-9(7-17-19)5-13(18-16)10-3-4-11(14)12(15)6-10/h3-4,6-8,13,18H,2,5,16H2,1H3. The summed E-state index contributed by atoms with van der Waals surface area (Å²) >= 11 is 3.14. The Bertz CT molecular complexity index is 555. The third kappa shape index (κ3) is 3.40. The molecule has 1 unspecified atom stereocenters. The molecule has 0 bridgehead atoms. The van der Waals surface area contributed by atoms with Gasteiger partial charge in [0.1, 0.15) is 5.82 Å². The number of hydrazine groups is 1. The van der Waals surface area contributed by atoms with Crippen LogP contribution in [0.5, 0.6) is 0 Å². The van der Waals surface area contributed by atoms with Crippen molar-refractivity contribution in [3.63, 3.8) is 0 Å². The van der Waals surface area contributed by atoms with Gasteiger partial charge in [-0.2, -0.15) is 5.10 Å². The van der Waals surface area contributed by atoms with Crippen LogP contribution in [0.2, 0.25) is 0 Å². The van der Waals surface area contributed by atoms with Crippen LogP contribution in [-0.2, 0) is 13.0 Å². The van der Waals surface area contributed by atoms with Crippen LogP contribution in [0.3, 0.4) is 0 Å². The molecule has 0 amide bonds. The Balaban J connectivity index is 2.17. The number of halogens is 2. The van der Waals surface area contributed by atoms with Crippen molar-refractivity contribution in [1.29, 1.82) is 0 Å². The minimum Gasteiger partial charge on any atom is -0.273 e. The largest absolute Gasteiger partial charge is 0.273 e. The zero-order valence-electron chi connectivity index (χ0n) is 10.6. The van der Waals surface area contributed by atoms with Gasteiger partial charge in [0.2, 0.25) is 0 Å². The van der Waals surface area contributed by atoms with Crippen LogP contribution in [0.4, 0.5) is 4.39 Å². The van der Waals surface area contributed by atoms with Crippen molar-refractivity contribution in [3.8, 4) is 0 Å². The van der Waals surface area contributed by atoms with E-state index in [1.54, 1.807) is 6.07 Å². The van der Waals surface area contributed by atoms with Crippen molar-refractivity contribution >= 4 is 15.9 Å². The van der Waals surface area contributed by atoms with Crippen LogP contribution in [0.25, 0.3) is 0 Å². The van der Waals surface area contributed by atoms with Gasteiger partial charge >= 0.3 is 0 Å². The Hall–Kier alpha value is -1.24. The van der Waals surface area contributed by atoms with E-state index in [4.69, 9.17) is 5.84 Å². The van der Waals surface area contributed by atoms with Gasteiger partial charge in [-0.3, -0.25) is 16.0 Å². The molecule has 0 aliphatic carbocycles. The highest BCUT2D eigenvalue weighted by Crippen LogP contribution is 2.22. The first-order valence-electron chi connectivity index (χ1n) is 6.06. The summed E-state index contributed by atoms with van der Waals surface area (Å²) in [7, 11) is 0. The molecule has 102 valence electrons. The Kier molecular flexibility index (Phi) is 4.68. The molecule has 6 heteroatoms. The second kappa shape index (κ2) is 6.27. The fraction of sp³-hybridized carbons (Fsp3) is 0.308. The number of rotatable bonds is 5. The van der Waals surface area contributed by atoms with Gasteiger partial charge in [-0.1, -0.05) is 6.07 Å². The molecule has 0 saturated heterocycles. The van der Waals surface area contributed by atoms with Gasteiger partial charge < -0.3 is 0 Å².